The van der Waals surface area contributed by atoms with E-state index in [9.17, 15) is 4.79 Å². The second-order valence-electron chi connectivity index (χ2n) is 4.66. The summed E-state index contributed by atoms with van der Waals surface area (Å²) in [4.78, 5) is 11.3. The molecule has 0 spiro atoms. The predicted octanol–water partition coefficient (Wildman–Crippen LogP) is 1.29. The third kappa shape index (κ3) is 9.34. The van der Waals surface area contributed by atoms with Crippen LogP contribution in [-0.2, 0) is 4.79 Å². The van der Waals surface area contributed by atoms with Gasteiger partial charge >= 0.3 is 0 Å². The van der Waals surface area contributed by atoms with E-state index in [1.165, 1.54) is 0 Å². The molecule has 0 atom stereocenters. The Hall–Kier alpha value is -0.570. The summed E-state index contributed by atoms with van der Waals surface area (Å²) in [5.41, 5.74) is -0.116. The first-order valence-electron chi connectivity index (χ1n) is 4.85. The Morgan fingerprint density at radius 2 is 1.85 bits per heavy atom. The normalized spacial score (nSPS) is 11.8. The maximum absolute atomic E-state index is 11.3. The Balaban J connectivity index is 3.53. The molecular weight excluding hydrogens is 164 g/mol. The van der Waals surface area contributed by atoms with Crippen molar-refractivity contribution in [3.8, 4) is 0 Å². The van der Waals surface area contributed by atoms with Gasteiger partial charge < -0.3 is 10.6 Å². The molecule has 0 rings (SSSR count). The quantitative estimate of drug-likeness (QED) is 0.694. The molecule has 0 aromatic carbocycles. The van der Waals surface area contributed by atoms with E-state index in [1.807, 2.05) is 20.8 Å². The molecule has 0 aliphatic heterocycles. The van der Waals surface area contributed by atoms with Gasteiger partial charge in [-0.15, -0.1) is 0 Å². The average molecular weight is 186 g/mol. The Bertz CT molecular complexity index is 159. The summed E-state index contributed by atoms with van der Waals surface area (Å²) in [7, 11) is 0. The molecule has 78 valence electrons. The molecule has 3 nitrogen and oxygen atoms in total. The fraction of sp³-hybridized carbons (Fsp3) is 0.900. The highest BCUT2D eigenvalue weighted by molar-refractivity contribution is 5.76. The van der Waals surface area contributed by atoms with Crippen LogP contribution in [0.2, 0.25) is 0 Å². The summed E-state index contributed by atoms with van der Waals surface area (Å²) in [6.07, 6.45) is 0.551. The van der Waals surface area contributed by atoms with Crippen LogP contribution in [0.25, 0.3) is 0 Å². The molecular formula is C10H22N2O. The van der Waals surface area contributed by atoms with Crippen LogP contribution in [0.15, 0.2) is 0 Å². The van der Waals surface area contributed by atoms with E-state index in [4.69, 9.17) is 0 Å². The molecule has 0 aliphatic carbocycles. The lowest BCUT2D eigenvalue weighted by Gasteiger charge is -2.20. The largest absolute Gasteiger partial charge is 0.351 e. The van der Waals surface area contributed by atoms with Crippen molar-refractivity contribution < 1.29 is 4.79 Å². The van der Waals surface area contributed by atoms with Gasteiger partial charge in [-0.2, -0.15) is 0 Å². The van der Waals surface area contributed by atoms with Crippen LogP contribution in [0.5, 0.6) is 0 Å². The van der Waals surface area contributed by atoms with Gasteiger partial charge in [-0.1, -0.05) is 13.8 Å². The highest BCUT2D eigenvalue weighted by atomic mass is 16.1. The molecule has 1 amide bonds. The van der Waals surface area contributed by atoms with Crippen molar-refractivity contribution in [3.63, 3.8) is 0 Å². The summed E-state index contributed by atoms with van der Waals surface area (Å²) in [5, 5.41) is 6.12. The zero-order valence-electron chi connectivity index (χ0n) is 9.40. The van der Waals surface area contributed by atoms with Crippen molar-refractivity contribution in [2.45, 2.75) is 52.6 Å². The second-order valence-corrected chi connectivity index (χ2v) is 4.66. The van der Waals surface area contributed by atoms with Gasteiger partial charge in [0, 0.05) is 24.5 Å². The molecule has 0 radical (unpaired) electrons. The smallest absolute Gasteiger partial charge is 0.221 e. The van der Waals surface area contributed by atoms with Crippen molar-refractivity contribution in [3.05, 3.63) is 0 Å². The van der Waals surface area contributed by atoms with Crippen LogP contribution in [0, 0.1) is 0 Å². The summed E-state index contributed by atoms with van der Waals surface area (Å²) in [6.45, 7) is 10.9. The Labute approximate surface area is 81.3 Å². The van der Waals surface area contributed by atoms with Crippen molar-refractivity contribution in [2.75, 3.05) is 6.54 Å². The third-order valence-electron chi connectivity index (χ3n) is 1.42. The molecule has 0 saturated heterocycles. The fourth-order valence-electron chi connectivity index (χ4n) is 0.955. The van der Waals surface area contributed by atoms with Gasteiger partial charge in [0.2, 0.25) is 5.91 Å². The van der Waals surface area contributed by atoms with Crippen molar-refractivity contribution in [2.24, 2.45) is 0 Å². The van der Waals surface area contributed by atoms with E-state index in [2.05, 4.69) is 24.5 Å². The molecule has 0 unspecified atom stereocenters. The lowest BCUT2D eigenvalue weighted by molar-refractivity contribution is -0.122. The molecule has 0 saturated carbocycles. The van der Waals surface area contributed by atoms with E-state index in [-0.39, 0.29) is 11.4 Å². The van der Waals surface area contributed by atoms with E-state index >= 15 is 0 Å². The van der Waals surface area contributed by atoms with Gasteiger partial charge in [-0.05, 0) is 20.8 Å². The first-order valence-corrected chi connectivity index (χ1v) is 4.85. The van der Waals surface area contributed by atoms with E-state index < -0.39 is 0 Å². The van der Waals surface area contributed by atoms with Crippen molar-refractivity contribution in [1.29, 1.82) is 0 Å². The van der Waals surface area contributed by atoms with Crippen LogP contribution in [-0.4, -0.2) is 24.0 Å². The van der Waals surface area contributed by atoms with Crippen molar-refractivity contribution >= 4 is 5.91 Å². The summed E-state index contributed by atoms with van der Waals surface area (Å²) < 4.78 is 0. The number of rotatable bonds is 4. The zero-order chi connectivity index (χ0) is 10.5. The van der Waals surface area contributed by atoms with Gasteiger partial charge in [0.15, 0.2) is 0 Å². The maximum Gasteiger partial charge on any atom is 0.221 e. The van der Waals surface area contributed by atoms with Crippen LogP contribution < -0.4 is 10.6 Å². The molecule has 0 aromatic heterocycles. The number of hydrogen-bond acceptors (Lipinski definition) is 2. The number of nitrogens with one attached hydrogen (secondary N) is 2. The number of amides is 1. The summed E-state index contributed by atoms with van der Waals surface area (Å²) in [5.74, 6) is 0.112. The second kappa shape index (κ2) is 5.22. The maximum atomic E-state index is 11.3. The predicted molar refractivity (Wildman–Crippen MR) is 55.7 cm³/mol. The molecule has 0 aliphatic rings. The SMILES string of the molecule is CC(C)NCCC(=O)NC(C)(C)C. The number of carbonyl (C=O) groups is 1. The summed E-state index contributed by atoms with van der Waals surface area (Å²) in [6, 6.07) is 0.447. The third-order valence-corrected chi connectivity index (χ3v) is 1.42. The average Bonchev–Trinajstić information content (AvgIpc) is 1.81. The van der Waals surface area contributed by atoms with E-state index in [0.29, 0.717) is 12.5 Å². The van der Waals surface area contributed by atoms with E-state index in [0.717, 1.165) is 6.54 Å². The number of hydrogen-bond donors (Lipinski definition) is 2. The highest BCUT2D eigenvalue weighted by Gasteiger charge is 2.12. The first kappa shape index (κ1) is 12.4. The Kier molecular flexibility index (Phi) is 4.99. The number of carbonyl (C=O) groups excluding carboxylic acids is 1. The minimum Gasteiger partial charge on any atom is -0.351 e. The van der Waals surface area contributed by atoms with Gasteiger partial charge in [0.25, 0.3) is 0 Å². The van der Waals surface area contributed by atoms with Gasteiger partial charge in [0.05, 0.1) is 0 Å². The minimum absolute atomic E-state index is 0.112. The Morgan fingerprint density at radius 1 is 1.31 bits per heavy atom. The molecule has 0 fully saturated rings. The Morgan fingerprint density at radius 3 is 2.23 bits per heavy atom. The standard InChI is InChI=1S/C10H22N2O/c1-8(2)11-7-6-9(13)12-10(3,4)5/h8,11H,6-7H2,1-5H3,(H,12,13). The minimum atomic E-state index is -0.116. The van der Waals surface area contributed by atoms with Crippen LogP contribution in [0.1, 0.15) is 41.0 Å². The zero-order valence-corrected chi connectivity index (χ0v) is 9.40. The molecule has 0 aromatic rings. The topological polar surface area (TPSA) is 41.1 Å². The first-order chi connectivity index (χ1) is 5.81. The highest BCUT2D eigenvalue weighted by Crippen LogP contribution is 1.98. The van der Waals surface area contributed by atoms with E-state index in [1.54, 1.807) is 0 Å². The molecule has 3 heteroatoms. The molecule has 13 heavy (non-hydrogen) atoms. The lowest BCUT2D eigenvalue weighted by Crippen LogP contribution is -2.41. The van der Waals surface area contributed by atoms with Gasteiger partial charge in [-0.3, -0.25) is 4.79 Å². The monoisotopic (exact) mass is 186 g/mol. The van der Waals surface area contributed by atoms with Crippen LogP contribution >= 0.6 is 0 Å². The fourth-order valence-corrected chi connectivity index (χ4v) is 0.955. The van der Waals surface area contributed by atoms with Crippen molar-refractivity contribution in [1.82, 2.24) is 10.6 Å². The van der Waals surface area contributed by atoms with Crippen LogP contribution in [0.4, 0.5) is 0 Å². The van der Waals surface area contributed by atoms with Gasteiger partial charge in [0.1, 0.15) is 0 Å². The summed E-state index contributed by atoms with van der Waals surface area (Å²) >= 11 is 0. The van der Waals surface area contributed by atoms with Crippen LogP contribution in [0.3, 0.4) is 0 Å². The molecule has 0 bridgehead atoms. The lowest BCUT2D eigenvalue weighted by atomic mass is 10.1. The van der Waals surface area contributed by atoms with Gasteiger partial charge in [-0.25, -0.2) is 0 Å². The molecule has 0 heterocycles. The molecule has 2 N–H and O–H groups in total.